The van der Waals surface area contributed by atoms with Gasteiger partial charge in [-0.2, -0.15) is 0 Å². The Bertz CT molecular complexity index is 112. The minimum Gasteiger partial charge on any atom is -0.294 e. The maximum absolute atomic E-state index is 10.3. The monoisotopic (exact) mass is 212 g/mol. The van der Waals surface area contributed by atoms with Crippen molar-refractivity contribution in [3.63, 3.8) is 0 Å². The summed E-state index contributed by atoms with van der Waals surface area (Å²) in [5.41, 5.74) is 0. The van der Waals surface area contributed by atoms with Crippen LogP contribution in [0.15, 0.2) is 0 Å². The standard InChI is InChI=1S/CH4Cl2O4P2/c2-6-8(4)1-9(5)7-3/h8-9H,1H2. The predicted octanol–water partition coefficient (Wildman–Crippen LogP) is 2.23. The molecule has 0 aliphatic rings. The molecule has 0 N–H and O–H groups in total. The Labute approximate surface area is 63.5 Å². The number of hydrogen-bond donors (Lipinski definition) is 0. The summed E-state index contributed by atoms with van der Waals surface area (Å²) in [7, 11) is -4.80. The molecular formula is CH4Cl2O4P2. The maximum Gasteiger partial charge on any atom is 0.219 e. The summed E-state index contributed by atoms with van der Waals surface area (Å²) in [6.45, 7) is 0. The SMILES string of the molecule is O=[PH](C[PH](=O)OCl)OCl. The fourth-order valence-corrected chi connectivity index (χ4v) is 2.53. The summed E-state index contributed by atoms with van der Waals surface area (Å²) in [5, 5.41) is 0. The van der Waals surface area contributed by atoms with Gasteiger partial charge in [-0.05, 0) is 0 Å². The van der Waals surface area contributed by atoms with Crippen molar-refractivity contribution in [2.75, 3.05) is 5.90 Å². The highest BCUT2D eigenvalue weighted by Gasteiger charge is 2.04. The van der Waals surface area contributed by atoms with E-state index in [1.54, 1.807) is 0 Å². The average molecular weight is 213 g/mol. The van der Waals surface area contributed by atoms with Crippen LogP contribution in [-0.2, 0) is 17.3 Å². The molecule has 0 fully saturated rings. The first-order valence-corrected chi connectivity index (χ1v) is 5.50. The Morgan fingerprint density at radius 3 is 1.67 bits per heavy atom. The molecule has 0 aliphatic carbocycles. The molecule has 9 heavy (non-hydrogen) atoms. The van der Waals surface area contributed by atoms with Crippen LogP contribution < -0.4 is 0 Å². The molecule has 56 valence electrons. The molecule has 0 amide bonds. The molecule has 0 heterocycles. The van der Waals surface area contributed by atoms with Crippen LogP contribution in [0.4, 0.5) is 0 Å². The third-order valence-corrected chi connectivity index (χ3v) is 4.15. The fourth-order valence-electron chi connectivity index (χ4n) is 0.172. The van der Waals surface area contributed by atoms with E-state index in [9.17, 15) is 9.13 Å². The van der Waals surface area contributed by atoms with Crippen molar-refractivity contribution in [1.82, 2.24) is 0 Å². The van der Waals surface area contributed by atoms with E-state index in [1.807, 2.05) is 0 Å². The highest BCUT2D eigenvalue weighted by molar-refractivity contribution is 7.58. The Morgan fingerprint density at radius 2 is 1.44 bits per heavy atom. The van der Waals surface area contributed by atoms with Crippen LogP contribution in [0.25, 0.3) is 0 Å². The summed E-state index contributed by atoms with van der Waals surface area (Å²) in [6, 6.07) is 0. The molecule has 0 aromatic rings. The van der Waals surface area contributed by atoms with E-state index in [0.717, 1.165) is 0 Å². The van der Waals surface area contributed by atoms with Gasteiger partial charge in [0.05, 0.1) is 29.6 Å². The van der Waals surface area contributed by atoms with E-state index >= 15 is 0 Å². The van der Waals surface area contributed by atoms with E-state index in [-0.39, 0.29) is 5.90 Å². The summed E-state index contributed by atoms with van der Waals surface area (Å²) >= 11 is 9.33. The van der Waals surface area contributed by atoms with Crippen LogP contribution in [0.2, 0.25) is 0 Å². The zero-order valence-corrected chi connectivity index (χ0v) is 7.61. The molecule has 0 radical (unpaired) electrons. The Kier molecular flexibility index (Phi) is 6.33. The highest BCUT2D eigenvalue weighted by Crippen LogP contribution is 2.38. The average Bonchev–Trinajstić information content (AvgIpc) is 1.87. The summed E-state index contributed by atoms with van der Waals surface area (Å²) < 4.78 is 28.3. The van der Waals surface area contributed by atoms with E-state index in [0.29, 0.717) is 0 Å². The highest BCUT2D eigenvalue weighted by atomic mass is 35.5. The molecule has 0 bridgehead atoms. The summed E-state index contributed by atoms with van der Waals surface area (Å²) in [6.07, 6.45) is 0. The molecule has 2 atom stereocenters. The molecule has 0 saturated carbocycles. The number of rotatable bonds is 4. The van der Waals surface area contributed by atoms with Crippen molar-refractivity contribution in [1.29, 1.82) is 0 Å². The third-order valence-electron chi connectivity index (χ3n) is 0.461. The van der Waals surface area contributed by atoms with Crippen molar-refractivity contribution in [3.05, 3.63) is 0 Å². The van der Waals surface area contributed by atoms with Crippen LogP contribution in [0, 0.1) is 0 Å². The van der Waals surface area contributed by atoms with Gasteiger partial charge < -0.3 is 0 Å². The van der Waals surface area contributed by atoms with Gasteiger partial charge in [0.15, 0.2) is 0 Å². The van der Waals surface area contributed by atoms with Crippen LogP contribution in [-0.4, -0.2) is 5.90 Å². The van der Waals surface area contributed by atoms with Gasteiger partial charge in [0, 0.05) is 0 Å². The van der Waals surface area contributed by atoms with Crippen molar-refractivity contribution in [2.24, 2.45) is 0 Å². The Balaban J connectivity index is 3.47. The molecule has 8 heteroatoms. The van der Waals surface area contributed by atoms with Crippen LogP contribution in [0.5, 0.6) is 0 Å². The molecule has 0 rings (SSSR count). The van der Waals surface area contributed by atoms with Crippen LogP contribution in [0.1, 0.15) is 0 Å². The second-order valence-electron chi connectivity index (χ2n) is 1.08. The lowest BCUT2D eigenvalue weighted by atomic mass is 11.9. The lowest BCUT2D eigenvalue weighted by Gasteiger charge is -1.92. The lowest BCUT2D eigenvalue weighted by molar-refractivity contribution is 0.517. The molecule has 0 saturated heterocycles. The second-order valence-corrected chi connectivity index (χ2v) is 5.21. The van der Waals surface area contributed by atoms with E-state index in [4.69, 9.17) is 0 Å². The van der Waals surface area contributed by atoms with Crippen molar-refractivity contribution in [3.8, 4) is 0 Å². The van der Waals surface area contributed by atoms with Crippen LogP contribution in [0.3, 0.4) is 0 Å². The van der Waals surface area contributed by atoms with Crippen molar-refractivity contribution >= 4 is 39.8 Å². The van der Waals surface area contributed by atoms with Crippen molar-refractivity contribution in [2.45, 2.75) is 0 Å². The van der Waals surface area contributed by atoms with Gasteiger partial charge in [0.1, 0.15) is 0 Å². The fraction of sp³-hybridized carbons (Fsp3) is 1.00. The van der Waals surface area contributed by atoms with Crippen molar-refractivity contribution < 1.29 is 17.3 Å². The third kappa shape index (κ3) is 5.41. The predicted molar refractivity (Wildman–Crippen MR) is 36.7 cm³/mol. The maximum atomic E-state index is 10.3. The smallest absolute Gasteiger partial charge is 0.219 e. The Morgan fingerprint density at radius 1 is 1.11 bits per heavy atom. The van der Waals surface area contributed by atoms with Crippen LogP contribution >= 0.6 is 39.8 Å². The molecule has 0 spiro atoms. The molecule has 2 unspecified atom stereocenters. The summed E-state index contributed by atoms with van der Waals surface area (Å²) in [5.74, 6) is -0.206. The van der Waals surface area contributed by atoms with Gasteiger partial charge in [-0.3, -0.25) is 9.13 Å². The topological polar surface area (TPSA) is 52.6 Å². The first-order valence-electron chi connectivity index (χ1n) is 1.83. The lowest BCUT2D eigenvalue weighted by Crippen LogP contribution is -1.67. The molecular weight excluding hydrogens is 209 g/mol. The molecule has 4 nitrogen and oxygen atoms in total. The number of hydrogen-bond acceptors (Lipinski definition) is 4. The van der Waals surface area contributed by atoms with E-state index in [1.165, 1.54) is 0 Å². The van der Waals surface area contributed by atoms with E-state index < -0.39 is 16.1 Å². The zero-order valence-electron chi connectivity index (χ0n) is 4.10. The van der Waals surface area contributed by atoms with Gasteiger partial charge in [-0.15, -0.1) is 0 Å². The van der Waals surface area contributed by atoms with Gasteiger partial charge in [-0.25, -0.2) is 8.15 Å². The zero-order chi connectivity index (χ0) is 7.28. The largest absolute Gasteiger partial charge is 0.294 e. The first-order chi connectivity index (χ1) is 4.20. The first kappa shape index (κ1) is 9.96. The van der Waals surface area contributed by atoms with Gasteiger partial charge in [-0.1, -0.05) is 0 Å². The summed E-state index contributed by atoms with van der Waals surface area (Å²) in [4.78, 5) is 0. The molecule has 0 aromatic carbocycles. The van der Waals surface area contributed by atoms with Gasteiger partial charge in [0.25, 0.3) is 0 Å². The quantitative estimate of drug-likeness (QED) is 0.671. The van der Waals surface area contributed by atoms with Gasteiger partial charge in [0.2, 0.25) is 16.1 Å². The molecule has 0 aliphatic heterocycles. The normalized spacial score (nSPS) is 17.1. The minimum absolute atomic E-state index is 0.206. The molecule has 0 aromatic heterocycles. The second kappa shape index (κ2) is 5.72. The number of halogens is 2. The van der Waals surface area contributed by atoms with Gasteiger partial charge >= 0.3 is 0 Å². The van der Waals surface area contributed by atoms with E-state index in [2.05, 4.69) is 31.9 Å². The minimum atomic E-state index is -2.40. The Hall–Kier alpha value is 0.960.